The molecule has 0 unspecified atom stereocenters. The molecule has 0 atom stereocenters. The lowest BCUT2D eigenvalue weighted by molar-refractivity contribution is 0.171. The summed E-state index contributed by atoms with van der Waals surface area (Å²) in [5, 5.41) is 6.22. The number of hydrogen-bond acceptors (Lipinski definition) is 6. The molecule has 148 valence electrons. The second kappa shape index (κ2) is 7.14. The molecule has 2 aromatic heterocycles. The number of thiophene rings is 1. The molecule has 0 saturated heterocycles. The highest BCUT2D eigenvalue weighted by molar-refractivity contribution is 7.92. The highest BCUT2D eigenvalue weighted by Crippen LogP contribution is 2.37. The van der Waals surface area contributed by atoms with Crippen LogP contribution in [-0.2, 0) is 23.6 Å². The number of aromatic nitrogens is 2. The van der Waals surface area contributed by atoms with Gasteiger partial charge in [-0.1, -0.05) is 6.07 Å². The molecule has 7 nitrogen and oxygen atoms in total. The number of sulfonamides is 1. The van der Waals surface area contributed by atoms with E-state index in [0.29, 0.717) is 41.8 Å². The zero-order valence-electron chi connectivity index (χ0n) is 15.9. The summed E-state index contributed by atoms with van der Waals surface area (Å²) >= 11 is 1.52. The summed E-state index contributed by atoms with van der Waals surface area (Å²) in [6.07, 6.45) is 0. The number of benzene rings is 1. The second-order valence-corrected chi connectivity index (χ2v) is 9.37. The Morgan fingerprint density at radius 3 is 2.57 bits per heavy atom. The van der Waals surface area contributed by atoms with Crippen LogP contribution in [0.3, 0.4) is 0 Å². The van der Waals surface area contributed by atoms with E-state index in [4.69, 9.17) is 9.47 Å². The van der Waals surface area contributed by atoms with E-state index < -0.39 is 10.0 Å². The molecule has 1 aliphatic heterocycles. The largest absolute Gasteiger partial charge is 0.486 e. The van der Waals surface area contributed by atoms with E-state index in [0.717, 1.165) is 4.88 Å². The Morgan fingerprint density at radius 2 is 1.93 bits per heavy atom. The third kappa shape index (κ3) is 3.24. The third-order valence-corrected chi connectivity index (χ3v) is 7.57. The smallest absolute Gasteiger partial charge is 0.268 e. The standard InChI is InChI=1S/C19H21N3O4S2/c1-13-19(14(2)21(3)20-13)28(23,24)22(12-16-5-4-10-27-16)15-6-7-17-18(11-15)26-9-8-25-17/h4-7,10-11H,8-9,12H2,1-3H3. The van der Waals surface area contributed by atoms with E-state index in [1.54, 1.807) is 43.8 Å². The molecule has 1 aromatic carbocycles. The van der Waals surface area contributed by atoms with E-state index >= 15 is 0 Å². The number of aryl methyl sites for hydroxylation is 2. The van der Waals surface area contributed by atoms with Gasteiger partial charge >= 0.3 is 0 Å². The molecule has 0 bridgehead atoms. The highest BCUT2D eigenvalue weighted by Gasteiger charge is 2.32. The molecule has 0 radical (unpaired) electrons. The number of hydrogen-bond donors (Lipinski definition) is 0. The van der Waals surface area contributed by atoms with Crippen LogP contribution < -0.4 is 13.8 Å². The van der Waals surface area contributed by atoms with Crippen molar-refractivity contribution in [3.05, 3.63) is 52.0 Å². The average Bonchev–Trinajstić information content (AvgIpc) is 3.27. The quantitative estimate of drug-likeness (QED) is 0.635. The predicted molar refractivity (Wildman–Crippen MR) is 108 cm³/mol. The monoisotopic (exact) mass is 419 g/mol. The molecule has 1 aliphatic rings. The van der Waals surface area contributed by atoms with Crippen molar-refractivity contribution in [2.45, 2.75) is 25.3 Å². The lowest BCUT2D eigenvalue weighted by atomic mass is 10.2. The van der Waals surface area contributed by atoms with E-state index in [1.807, 2.05) is 17.5 Å². The third-order valence-electron chi connectivity index (χ3n) is 4.68. The lowest BCUT2D eigenvalue weighted by Gasteiger charge is -2.26. The molecule has 0 saturated carbocycles. The Hall–Kier alpha value is -2.52. The zero-order chi connectivity index (χ0) is 19.9. The first-order valence-electron chi connectivity index (χ1n) is 8.83. The maximum absolute atomic E-state index is 13.7. The molecule has 0 amide bonds. The van der Waals surface area contributed by atoms with Gasteiger partial charge in [0.25, 0.3) is 10.0 Å². The van der Waals surface area contributed by atoms with E-state index in [-0.39, 0.29) is 11.4 Å². The van der Waals surface area contributed by atoms with Gasteiger partial charge in [-0.25, -0.2) is 8.42 Å². The van der Waals surface area contributed by atoms with E-state index in [1.165, 1.54) is 15.6 Å². The van der Waals surface area contributed by atoms with Gasteiger partial charge < -0.3 is 9.47 Å². The number of nitrogens with zero attached hydrogens (tertiary/aromatic N) is 3. The van der Waals surface area contributed by atoms with Crippen LogP contribution in [0.4, 0.5) is 5.69 Å². The highest BCUT2D eigenvalue weighted by atomic mass is 32.2. The topological polar surface area (TPSA) is 73.7 Å². The summed E-state index contributed by atoms with van der Waals surface area (Å²) in [6, 6.07) is 9.06. The predicted octanol–water partition coefficient (Wildman–Crippen LogP) is 3.27. The molecule has 28 heavy (non-hydrogen) atoms. The maximum atomic E-state index is 13.7. The number of rotatable bonds is 5. The van der Waals surface area contributed by atoms with Crippen molar-refractivity contribution in [3.63, 3.8) is 0 Å². The molecular weight excluding hydrogens is 398 g/mol. The van der Waals surface area contributed by atoms with Gasteiger partial charge in [-0.15, -0.1) is 11.3 Å². The van der Waals surface area contributed by atoms with Gasteiger partial charge in [0.05, 0.1) is 23.6 Å². The van der Waals surface area contributed by atoms with Crippen molar-refractivity contribution < 1.29 is 17.9 Å². The summed E-state index contributed by atoms with van der Waals surface area (Å²) in [5.74, 6) is 1.17. The van der Waals surface area contributed by atoms with Crippen molar-refractivity contribution in [3.8, 4) is 11.5 Å². The summed E-state index contributed by atoms with van der Waals surface area (Å²) < 4.78 is 41.6. The average molecular weight is 420 g/mol. The Morgan fingerprint density at radius 1 is 1.18 bits per heavy atom. The van der Waals surface area contributed by atoms with Gasteiger partial charge in [-0.05, 0) is 37.4 Å². The van der Waals surface area contributed by atoms with Crippen LogP contribution in [0.1, 0.15) is 16.3 Å². The molecule has 3 heterocycles. The Balaban J connectivity index is 1.84. The van der Waals surface area contributed by atoms with Crippen LogP contribution >= 0.6 is 11.3 Å². The maximum Gasteiger partial charge on any atom is 0.268 e. The first kappa shape index (κ1) is 18.8. The fourth-order valence-corrected chi connectivity index (χ4v) is 5.90. The van der Waals surface area contributed by atoms with E-state index in [9.17, 15) is 8.42 Å². The number of anilines is 1. The minimum Gasteiger partial charge on any atom is -0.486 e. The van der Waals surface area contributed by atoms with Crippen LogP contribution in [-0.4, -0.2) is 31.4 Å². The summed E-state index contributed by atoms with van der Waals surface area (Å²) in [4.78, 5) is 1.18. The van der Waals surface area contributed by atoms with Gasteiger partial charge in [-0.3, -0.25) is 8.99 Å². The van der Waals surface area contributed by atoms with Crippen molar-refractivity contribution in [1.29, 1.82) is 0 Å². The first-order chi connectivity index (χ1) is 13.4. The zero-order valence-corrected chi connectivity index (χ0v) is 17.5. The normalized spacial score (nSPS) is 13.5. The Labute approximate surface area is 168 Å². The van der Waals surface area contributed by atoms with Gasteiger partial charge in [0.15, 0.2) is 11.5 Å². The van der Waals surface area contributed by atoms with Crippen LogP contribution in [0.25, 0.3) is 0 Å². The SMILES string of the molecule is Cc1nn(C)c(C)c1S(=O)(=O)N(Cc1cccs1)c1ccc2c(c1)OCCO2. The molecular formula is C19H21N3O4S2. The minimum atomic E-state index is -3.84. The van der Waals surface area contributed by atoms with Crippen molar-refractivity contribution >= 4 is 27.0 Å². The molecule has 0 N–H and O–H groups in total. The second-order valence-electron chi connectivity index (χ2n) is 6.54. The fourth-order valence-electron chi connectivity index (χ4n) is 3.28. The van der Waals surface area contributed by atoms with Crippen molar-refractivity contribution in [2.24, 2.45) is 7.05 Å². The number of ether oxygens (including phenoxy) is 2. The minimum absolute atomic E-state index is 0.230. The Bertz CT molecular complexity index is 1100. The van der Waals surface area contributed by atoms with Gasteiger partial charge in [-0.2, -0.15) is 5.10 Å². The fraction of sp³-hybridized carbons (Fsp3) is 0.316. The lowest BCUT2D eigenvalue weighted by Crippen LogP contribution is -2.31. The Kier molecular flexibility index (Phi) is 4.80. The van der Waals surface area contributed by atoms with Crippen LogP contribution in [0.2, 0.25) is 0 Å². The van der Waals surface area contributed by atoms with Crippen LogP contribution in [0.5, 0.6) is 11.5 Å². The summed E-state index contributed by atoms with van der Waals surface area (Å²) in [5.41, 5.74) is 1.61. The summed E-state index contributed by atoms with van der Waals surface area (Å²) in [7, 11) is -2.09. The van der Waals surface area contributed by atoms with Gasteiger partial charge in [0.1, 0.15) is 18.1 Å². The van der Waals surface area contributed by atoms with E-state index in [2.05, 4.69) is 5.10 Å². The van der Waals surface area contributed by atoms with Crippen molar-refractivity contribution in [2.75, 3.05) is 17.5 Å². The van der Waals surface area contributed by atoms with Crippen LogP contribution in [0.15, 0.2) is 40.6 Å². The van der Waals surface area contributed by atoms with Gasteiger partial charge in [0, 0.05) is 18.0 Å². The molecule has 3 aromatic rings. The van der Waals surface area contributed by atoms with Crippen molar-refractivity contribution in [1.82, 2.24) is 9.78 Å². The molecule has 9 heteroatoms. The first-order valence-corrected chi connectivity index (χ1v) is 11.1. The molecule has 0 fully saturated rings. The molecule has 0 aliphatic carbocycles. The summed E-state index contributed by atoms with van der Waals surface area (Å²) in [6.45, 7) is 4.63. The molecule has 4 rings (SSSR count). The molecule has 0 spiro atoms. The van der Waals surface area contributed by atoms with Crippen LogP contribution in [0, 0.1) is 13.8 Å². The number of fused-ring (bicyclic) bond motifs is 1. The van der Waals surface area contributed by atoms with Gasteiger partial charge in [0.2, 0.25) is 0 Å².